The molecule has 1 aliphatic heterocycles. The molecule has 166 valence electrons. The van der Waals surface area contributed by atoms with Crippen LogP contribution in [-0.2, 0) is 0 Å². The second-order valence-corrected chi connectivity index (χ2v) is 10.4. The molecule has 4 unspecified atom stereocenters. The molecule has 1 saturated heterocycles. The van der Waals surface area contributed by atoms with E-state index in [1.807, 2.05) is 5.01 Å². The molecular weight excluding hydrogens is 509 g/mol. The molecule has 0 aromatic carbocycles. The Morgan fingerprint density at radius 2 is 1.68 bits per heavy atom. The Morgan fingerprint density at radius 1 is 1.14 bits per heavy atom. The minimum atomic E-state index is -1.22. The summed E-state index contributed by atoms with van der Waals surface area (Å²) < 4.78 is 0.260. The lowest BCUT2D eigenvalue weighted by Gasteiger charge is -2.53. The number of hydrazine groups is 2. The van der Waals surface area contributed by atoms with Crippen LogP contribution in [0.4, 0.5) is 0 Å². The number of hydrogen-bond donors (Lipinski definition) is 6. The van der Waals surface area contributed by atoms with Crippen LogP contribution in [-0.4, -0.2) is 76.4 Å². The molecule has 1 heterocycles. The molecule has 2 aliphatic rings. The summed E-state index contributed by atoms with van der Waals surface area (Å²) in [5.41, 5.74) is 2.60. The molecular formula is C13H27IN7O6S-3. The molecule has 0 radical (unpaired) electrons. The van der Waals surface area contributed by atoms with Crippen molar-refractivity contribution in [3.63, 3.8) is 0 Å². The molecule has 1 aliphatic carbocycles. The molecule has 15 heteroatoms. The van der Waals surface area contributed by atoms with E-state index < -0.39 is 29.7 Å². The van der Waals surface area contributed by atoms with E-state index in [-0.39, 0.29) is 37.9 Å². The SMILES string of the molecule is CC(C)(C)C(I)CN1NNSC1NC1C(N([O-])O)CC(N([O-])O)CC1N([O-])O. The molecule has 4 atom stereocenters. The highest BCUT2D eigenvalue weighted by atomic mass is 127. The Bertz CT molecular complexity index is 484. The van der Waals surface area contributed by atoms with Gasteiger partial charge in [-0.2, -0.15) is 10.4 Å². The number of hydroxylamine groups is 6. The van der Waals surface area contributed by atoms with Crippen LogP contribution < -0.4 is 15.7 Å². The highest BCUT2D eigenvalue weighted by molar-refractivity contribution is 14.1. The van der Waals surface area contributed by atoms with Gasteiger partial charge in [-0.15, -0.1) is 0 Å². The lowest BCUT2D eigenvalue weighted by molar-refractivity contribution is -0.178. The van der Waals surface area contributed by atoms with E-state index in [1.165, 1.54) is 11.9 Å². The summed E-state index contributed by atoms with van der Waals surface area (Å²) in [6.07, 6.45) is -0.367. The largest absolute Gasteiger partial charge is 0.762 e. The number of hydrogen-bond acceptors (Lipinski definition) is 14. The Labute approximate surface area is 181 Å². The summed E-state index contributed by atoms with van der Waals surface area (Å²) in [6.45, 7) is 6.96. The van der Waals surface area contributed by atoms with Crippen LogP contribution in [0.25, 0.3) is 0 Å². The molecule has 0 aromatic rings. The maximum atomic E-state index is 11.7. The van der Waals surface area contributed by atoms with Gasteiger partial charge in [-0.25, -0.2) is 5.01 Å². The summed E-state index contributed by atoms with van der Waals surface area (Å²) in [7, 11) is 0. The van der Waals surface area contributed by atoms with Gasteiger partial charge in [-0.05, 0) is 30.2 Å². The quantitative estimate of drug-likeness (QED) is 0.115. The van der Waals surface area contributed by atoms with Crippen molar-refractivity contribution in [1.82, 2.24) is 36.4 Å². The molecule has 6 N–H and O–H groups in total. The fourth-order valence-corrected chi connectivity index (χ4v) is 4.40. The normalized spacial score (nSPS) is 34.0. The van der Waals surface area contributed by atoms with Crippen molar-refractivity contribution in [2.45, 2.75) is 67.2 Å². The van der Waals surface area contributed by atoms with Crippen LogP contribution >= 0.6 is 34.5 Å². The molecule has 28 heavy (non-hydrogen) atoms. The zero-order chi connectivity index (χ0) is 21.2. The zero-order valence-electron chi connectivity index (χ0n) is 15.7. The lowest BCUT2D eigenvalue weighted by Crippen LogP contribution is -2.66. The maximum absolute atomic E-state index is 11.7. The summed E-state index contributed by atoms with van der Waals surface area (Å²) >= 11 is 3.60. The third kappa shape index (κ3) is 6.28. The average molecular weight is 536 g/mol. The first-order chi connectivity index (χ1) is 12.9. The lowest BCUT2D eigenvalue weighted by atomic mass is 9.83. The van der Waals surface area contributed by atoms with Gasteiger partial charge in [0.1, 0.15) is 5.50 Å². The highest BCUT2D eigenvalue weighted by Gasteiger charge is 2.42. The standard InChI is InChI=1S/C13H27IN7O6S/c1-13(2,3)10(14)6-18-12(28-17-16-18)15-11-8(20(24)25)4-7(19(22)23)5-9(11)21(26)27/h7-12,15-17,22,24,26H,4-6H2,1-3H3/q-3. The van der Waals surface area contributed by atoms with E-state index >= 15 is 0 Å². The summed E-state index contributed by atoms with van der Waals surface area (Å²) in [5.74, 6) is 0. The Hall–Kier alpha value is 0.560. The first kappa shape index (κ1) is 24.8. The maximum Gasteiger partial charge on any atom is 0.138 e. The number of nitrogens with zero attached hydrogens (tertiary/aromatic N) is 4. The first-order valence-corrected chi connectivity index (χ1v) is 10.8. The molecule has 2 rings (SSSR count). The van der Waals surface area contributed by atoms with E-state index in [0.717, 1.165) is 0 Å². The van der Waals surface area contributed by atoms with Crippen LogP contribution in [0.2, 0.25) is 0 Å². The van der Waals surface area contributed by atoms with E-state index in [1.54, 1.807) is 0 Å². The van der Waals surface area contributed by atoms with E-state index in [9.17, 15) is 31.2 Å². The molecule has 13 nitrogen and oxygen atoms in total. The van der Waals surface area contributed by atoms with Crippen molar-refractivity contribution in [3.05, 3.63) is 15.6 Å². The van der Waals surface area contributed by atoms with Crippen LogP contribution in [0.5, 0.6) is 0 Å². The van der Waals surface area contributed by atoms with Gasteiger partial charge in [-0.3, -0.25) is 21.0 Å². The van der Waals surface area contributed by atoms with E-state index in [2.05, 4.69) is 59.0 Å². The minimum absolute atomic E-state index is 0.0374. The van der Waals surface area contributed by atoms with Crippen LogP contribution in [0, 0.1) is 21.0 Å². The van der Waals surface area contributed by atoms with Crippen LogP contribution in [0.1, 0.15) is 33.6 Å². The molecule has 0 spiro atoms. The summed E-state index contributed by atoms with van der Waals surface area (Å²) in [5, 5.41) is 66.8. The smallest absolute Gasteiger partial charge is 0.138 e. The summed E-state index contributed by atoms with van der Waals surface area (Å²) in [4.78, 5) is 2.90. The molecule has 0 amide bonds. The van der Waals surface area contributed by atoms with Gasteiger partial charge in [0.2, 0.25) is 0 Å². The number of halogens is 1. The zero-order valence-corrected chi connectivity index (χ0v) is 18.7. The van der Waals surface area contributed by atoms with Gasteiger partial charge in [0.25, 0.3) is 0 Å². The highest BCUT2D eigenvalue weighted by Crippen LogP contribution is 2.32. The number of rotatable bonds is 7. The van der Waals surface area contributed by atoms with E-state index in [4.69, 9.17) is 0 Å². The summed E-state index contributed by atoms with van der Waals surface area (Å²) in [6, 6.07) is -4.53. The van der Waals surface area contributed by atoms with Crippen molar-refractivity contribution in [3.8, 4) is 0 Å². The van der Waals surface area contributed by atoms with Gasteiger partial charge in [-0.1, -0.05) is 43.4 Å². The van der Waals surface area contributed by atoms with Crippen LogP contribution in [0.15, 0.2) is 0 Å². The Balaban J connectivity index is 2.15. The number of nitrogens with one attached hydrogen (secondary N) is 3. The number of alkyl halides is 1. The van der Waals surface area contributed by atoms with Crippen molar-refractivity contribution in [2.75, 3.05) is 6.54 Å². The molecule has 2 fully saturated rings. The fraction of sp³-hybridized carbons (Fsp3) is 1.00. The topological polar surface area (TPSA) is 179 Å². The molecule has 1 saturated carbocycles. The van der Waals surface area contributed by atoms with Crippen molar-refractivity contribution >= 4 is 34.5 Å². The minimum Gasteiger partial charge on any atom is -0.762 e. The Kier molecular flexibility index (Phi) is 9.08. The third-order valence-electron chi connectivity index (χ3n) is 5.01. The third-order valence-corrected chi connectivity index (χ3v) is 8.10. The van der Waals surface area contributed by atoms with E-state index in [0.29, 0.717) is 6.54 Å². The molecule has 0 aromatic heterocycles. The monoisotopic (exact) mass is 536 g/mol. The van der Waals surface area contributed by atoms with Gasteiger partial charge in [0.05, 0.1) is 0 Å². The van der Waals surface area contributed by atoms with Gasteiger partial charge in [0.15, 0.2) is 0 Å². The Morgan fingerprint density at radius 3 is 2.11 bits per heavy atom. The fourth-order valence-electron chi connectivity index (χ4n) is 3.20. The second-order valence-electron chi connectivity index (χ2n) is 8.03. The predicted molar refractivity (Wildman–Crippen MR) is 110 cm³/mol. The van der Waals surface area contributed by atoms with Gasteiger partial charge in [0, 0.05) is 34.6 Å². The second kappa shape index (κ2) is 10.2. The van der Waals surface area contributed by atoms with Gasteiger partial charge >= 0.3 is 0 Å². The average Bonchev–Trinajstić information content (AvgIpc) is 3.00. The van der Waals surface area contributed by atoms with Gasteiger partial charge < -0.3 is 31.2 Å². The van der Waals surface area contributed by atoms with Crippen molar-refractivity contribution < 1.29 is 15.6 Å². The predicted octanol–water partition coefficient (Wildman–Crippen LogP) is 0.518. The van der Waals surface area contributed by atoms with Crippen LogP contribution in [0.3, 0.4) is 0 Å². The van der Waals surface area contributed by atoms with Crippen molar-refractivity contribution in [2.24, 2.45) is 5.41 Å². The first-order valence-electron chi connectivity index (χ1n) is 8.70. The van der Waals surface area contributed by atoms with Crippen molar-refractivity contribution in [1.29, 1.82) is 0 Å². The molecule has 0 bridgehead atoms.